The normalized spacial score (nSPS) is 18.5. The van der Waals surface area contributed by atoms with E-state index in [4.69, 9.17) is 4.74 Å². The summed E-state index contributed by atoms with van der Waals surface area (Å²) in [6.07, 6.45) is 0.752. The van der Waals surface area contributed by atoms with Gasteiger partial charge in [0.05, 0.1) is 17.7 Å². The topological polar surface area (TPSA) is 66.8 Å². The number of aliphatic hydroxyl groups excluding tert-OH is 1. The molecule has 1 aliphatic heterocycles. The predicted octanol–water partition coefficient (Wildman–Crippen LogP) is 4.61. The Kier molecular flexibility index (Phi) is 6.06. The Balaban J connectivity index is 2.12. The van der Waals surface area contributed by atoms with E-state index in [2.05, 4.69) is 0 Å². The van der Waals surface area contributed by atoms with Crippen molar-refractivity contribution in [2.45, 2.75) is 46.3 Å². The van der Waals surface area contributed by atoms with E-state index in [1.54, 1.807) is 23.1 Å². The maximum absolute atomic E-state index is 12.9. The maximum atomic E-state index is 12.9. The number of likely N-dealkylation sites (tertiary alicyclic amines) is 1. The van der Waals surface area contributed by atoms with E-state index in [1.165, 1.54) is 0 Å². The van der Waals surface area contributed by atoms with E-state index in [0.29, 0.717) is 12.1 Å². The Morgan fingerprint density at radius 3 is 2.41 bits per heavy atom. The van der Waals surface area contributed by atoms with Gasteiger partial charge in [-0.3, -0.25) is 9.59 Å². The van der Waals surface area contributed by atoms with Crippen LogP contribution in [0, 0.1) is 6.92 Å². The molecule has 1 unspecified atom stereocenters. The smallest absolute Gasteiger partial charge is 0.295 e. The van der Waals surface area contributed by atoms with Crippen LogP contribution in [0.25, 0.3) is 5.76 Å². The van der Waals surface area contributed by atoms with E-state index >= 15 is 0 Å². The van der Waals surface area contributed by atoms with Crippen molar-refractivity contribution in [2.75, 3.05) is 6.54 Å². The molecule has 1 heterocycles. The van der Waals surface area contributed by atoms with Crippen molar-refractivity contribution in [1.29, 1.82) is 0 Å². The van der Waals surface area contributed by atoms with Crippen molar-refractivity contribution in [3.8, 4) is 5.75 Å². The first-order valence-electron chi connectivity index (χ1n) is 9.96. The fourth-order valence-corrected chi connectivity index (χ4v) is 3.67. The number of ether oxygens (including phenoxy) is 1. The lowest BCUT2D eigenvalue weighted by Gasteiger charge is -2.24. The number of aliphatic hydroxyl groups is 1. The minimum atomic E-state index is -0.648. The number of carbonyl (C=O) groups excluding carboxylic acids is 2. The first-order valence-corrected chi connectivity index (χ1v) is 9.96. The molecule has 1 fully saturated rings. The van der Waals surface area contributed by atoms with Crippen LogP contribution in [0.2, 0.25) is 0 Å². The lowest BCUT2D eigenvalue weighted by atomic mass is 9.95. The number of ketones is 1. The minimum Gasteiger partial charge on any atom is -0.507 e. The zero-order valence-corrected chi connectivity index (χ0v) is 17.3. The third-order valence-electron chi connectivity index (χ3n) is 4.93. The molecule has 1 amide bonds. The average molecular weight is 393 g/mol. The van der Waals surface area contributed by atoms with Gasteiger partial charge in [-0.05, 0) is 56.5 Å². The van der Waals surface area contributed by atoms with Gasteiger partial charge in [0.15, 0.2) is 0 Å². The molecule has 1 N–H and O–H groups in total. The second-order valence-electron chi connectivity index (χ2n) is 7.55. The fraction of sp³-hybridized carbons (Fsp3) is 0.333. The van der Waals surface area contributed by atoms with Gasteiger partial charge in [0, 0.05) is 12.1 Å². The number of rotatable bonds is 6. The maximum Gasteiger partial charge on any atom is 0.295 e. The van der Waals surface area contributed by atoms with Gasteiger partial charge in [0.25, 0.3) is 11.7 Å². The quantitative estimate of drug-likeness (QED) is 0.442. The van der Waals surface area contributed by atoms with E-state index in [-0.39, 0.29) is 17.4 Å². The van der Waals surface area contributed by atoms with E-state index < -0.39 is 17.7 Å². The highest BCUT2D eigenvalue weighted by Crippen LogP contribution is 2.39. The Bertz CT molecular complexity index is 947. The summed E-state index contributed by atoms with van der Waals surface area (Å²) in [5, 5.41) is 11.1. The van der Waals surface area contributed by atoms with Gasteiger partial charge in [0.2, 0.25) is 0 Å². The molecule has 1 aliphatic rings. The van der Waals surface area contributed by atoms with Crippen molar-refractivity contribution in [3.05, 3.63) is 70.8 Å². The van der Waals surface area contributed by atoms with Crippen LogP contribution in [0.5, 0.6) is 5.75 Å². The summed E-state index contributed by atoms with van der Waals surface area (Å²) in [4.78, 5) is 27.1. The summed E-state index contributed by atoms with van der Waals surface area (Å²) in [7, 11) is 0. The highest BCUT2D eigenvalue weighted by molar-refractivity contribution is 6.46. The predicted molar refractivity (Wildman–Crippen MR) is 113 cm³/mol. The van der Waals surface area contributed by atoms with Gasteiger partial charge >= 0.3 is 0 Å². The van der Waals surface area contributed by atoms with Crippen molar-refractivity contribution in [1.82, 2.24) is 4.90 Å². The van der Waals surface area contributed by atoms with Gasteiger partial charge in [-0.1, -0.05) is 37.3 Å². The van der Waals surface area contributed by atoms with Gasteiger partial charge in [-0.25, -0.2) is 0 Å². The first-order chi connectivity index (χ1) is 13.8. The molecule has 0 aromatic heterocycles. The van der Waals surface area contributed by atoms with Crippen LogP contribution >= 0.6 is 0 Å². The molecule has 0 bridgehead atoms. The molecule has 5 nitrogen and oxygen atoms in total. The Hall–Kier alpha value is -3.08. The number of amides is 1. The van der Waals surface area contributed by atoms with E-state index in [9.17, 15) is 14.7 Å². The van der Waals surface area contributed by atoms with Crippen LogP contribution in [0.4, 0.5) is 0 Å². The van der Waals surface area contributed by atoms with Crippen LogP contribution in [0.1, 0.15) is 49.9 Å². The molecule has 3 rings (SSSR count). The van der Waals surface area contributed by atoms with Crippen LogP contribution in [0.3, 0.4) is 0 Å². The molecule has 2 aromatic rings. The Morgan fingerprint density at radius 2 is 1.83 bits per heavy atom. The summed E-state index contributed by atoms with van der Waals surface area (Å²) in [6.45, 7) is 8.18. The molecule has 0 aliphatic carbocycles. The molecule has 1 atom stereocenters. The minimum absolute atomic E-state index is 0.0330. The highest BCUT2D eigenvalue weighted by atomic mass is 16.5. The number of hydrogen-bond acceptors (Lipinski definition) is 4. The first kappa shape index (κ1) is 20.6. The Labute approximate surface area is 171 Å². The highest BCUT2D eigenvalue weighted by Gasteiger charge is 2.45. The standard InChI is InChI=1S/C24H27NO4/c1-5-13-25-21(17-9-7-6-8-10-17)20(23(27)24(25)28)22(26)18-11-12-19(16(4)14-18)29-15(2)3/h6-12,14-15,21,26H,5,13H2,1-4H3/b22-20-. The molecule has 152 valence electrons. The summed E-state index contributed by atoms with van der Waals surface area (Å²) < 4.78 is 5.76. The largest absolute Gasteiger partial charge is 0.507 e. The zero-order valence-electron chi connectivity index (χ0n) is 17.3. The summed E-state index contributed by atoms with van der Waals surface area (Å²) in [5.74, 6) is -0.652. The monoisotopic (exact) mass is 393 g/mol. The van der Waals surface area contributed by atoms with Crippen molar-refractivity contribution in [3.63, 3.8) is 0 Å². The molecule has 0 saturated carbocycles. The zero-order chi connectivity index (χ0) is 21.1. The fourth-order valence-electron chi connectivity index (χ4n) is 3.67. The summed E-state index contributed by atoms with van der Waals surface area (Å²) in [6, 6.07) is 14.0. The van der Waals surface area contributed by atoms with Gasteiger partial charge in [-0.2, -0.15) is 0 Å². The van der Waals surface area contributed by atoms with E-state index in [1.807, 2.05) is 58.0 Å². The Morgan fingerprint density at radius 1 is 1.14 bits per heavy atom. The second-order valence-corrected chi connectivity index (χ2v) is 7.55. The van der Waals surface area contributed by atoms with Crippen molar-refractivity contribution >= 4 is 17.4 Å². The van der Waals surface area contributed by atoms with Crippen LogP contribution in [-0.4, -0.2) is 34.3 Å². The third kappa shape index (κ3) is 4.04. The molecule has 0 radical (unpaired) electrons. The lowest BCUT2D eigenvalue weighted by molar-refractivity contribution is -0.139. The third-order valence-corrected chi connectivity index (χ3v) is 4.93. The number of aryl methyl sites for hydroxylation is 1. The van der Waals surface area contributed by atoms with Crippen LogP contribution in [0.15, 0.2) is 54.1 Å². The van der Waals surface area contributed by atoms with Crippen LogP contribution in [-0.2, 0) is 9.59 Å². The van der Waals surface area contributed by atoms with Gasteiger partial charge in [-0.15, -0.1) is 0 Å². The number of carbonyl (C=O) groups is 2. The number of benzene rings is 2. The van der Waals surface area contributed by atoms with Crippen LogP contribution < -0.4 is 4.74 Å². The van der Waals surface area contributed by atoms with Crippen molar-refractivity contribution < 1.29 is 19.4 Å². The average Bonchev–Trinajstić information content (AvgIpc) is 2.94. The van der Waals surface area contributed by atoms with E-state index in [0.717, 1.165) is 23.3 Å². The molecule has 29 heavy (non-hydrogen) atoms. The molecule has 0 spiro atoms. The molecule has 2 aromatic carbocycles. The molecular weight excluding hydrogens is 366 g/mol. The molecule has 1 saturated heterocycles. The van der Waals surface area contributed by atoms with Gasteiger partial charge < -0.3 is 14.7 Å². The molecular formula is C24H27NO4. The number of Topliss-reactive ketones (excluding diaryl/α,β-unsaturated/α-hetero) is 1. The lowest BCUT2D eigenvalue weighted by Crippen LogP contribution is -2.30. The SMILES string of the molecule is CCCN1C(=O)C(=O)/C(=C(\O)c2ccc(OC(C)C)c(C)c2)C1c1ccccc1. The number of nitrogens with zero attached hydrogens (tertiary/aromatic N) is 1. The molecule has 5 heteroatoms. The van der Waals surface area contributed by atoms with Gasteiger partial charge in [0.1, 0.15) is 11.5 Å². The van der Waals surface area contributed by atoms with Crippen molar-refractivity contribution in [2.24, 2.45) is 0 Å². The second kappa shape index (κ2) is 8.52. The summed E-state index contributed by atoms with van der Waals surface area (Å²) >= 11 is 0. The summed E-state index contributed by atoms with van der Waals surface area (Å²) in [5.41, 5.74) is 2.28. The number of hydrogen-bond donors (Lipinski definition) is 1.